The Hall–Kier alpha value is -0.910. The first kappa shape index (κ1) is 11.6. The van der Waals surface area contributed by atoms with E-state index in [2.05, 4.69) is 26.1 Å². The molecule has 84 valence electrons. The molecule has 0 unspecified atom stereocenters. The summed E-state index contributed by atoms with van der Waals surface area (Å²) in [5.41, 5.74) is 6.25. The SMILES string of the molecule is NCCc1nc(-c2ccc(Cl)c(Br)c2)no1. The van der Waals surface area contributed by atoms with Crippen molar-refractivity contribution in [3.8, 4) is 11.4 Å². The standard InChI is InChI=1S/C10H9BrClN3O/c11-7-5-6(1-2-8(7)12)10-14-9(3-4-13)16-15-10/h1-2,5H,3-4,13H2. The van der Waals surface area contributed by atoms with Crippen LogP contribution >= 0.6 is 27.5 Å². The number of hydrogen-bond acceptors (Lipinski definition) is 4. The Kier molecular flexibility index (Phi) is 3.58. The third kappa shape index (κ3) is 2.42. The van der Waals surface area contributed by atoms with E-state index in [-0.39, 0.29) is 0 Å². The Balaban J connectivity index is 2.31. The molecule has 4 nitrogen and oxygen atoms in total. The van der Waals surface area contributed by atoms with E-state index in [1.54, 1.807) is 6.07 Å². The van der Waals surface area contributed by atoms with Gasteiger partial charge in [-0.3, -0.25) is 0 Å². The molecule has 16 heavy (non-hydrogen) atoms. The van der Waals surface area contributed by atoms with E-state index < -0.39 is 0 Å². The first-order valence-corrected chi connectivity index (χ1v) is 5.86. The van der Waals surface area contributed by atoms with Crippen molar-refractivity contribution in [2.24, 2.45) is 5.73 Å². The molecule has 0 spiro atoms. The quantitative estimate of drug-likeness (QED) is 0.946. The van der Waals surface area contributed by atoms with Gasteiger partial charge in [0.25, 0.3) is 0 Å². The zero-order valence-corrected chi connectivity index (χ0v) is 10.6. The van der Waals surface area contributed by atoms with Gasteiger partial charge in [-0.25, -0.2) is 0 Å². The molecule has 0 radical (unpaired) electrons. The highest BCUT2D eigenvalue weighted by molar-refractivity contribution is 9.10. The number of halogens is 2. The summed E-state index contributed by atoms with van der Waals surface area (Å²) in [7, 11) is 0. The second-order valence-corrected chi connectivity index (χ2v) is 4.44. The molecule has 2 N–H and O–H groups in total. The molecular weight excluding hydrogens is 293 g/mol. The zero-order valence-electron chi connectivity index (χ0n) is 8.28. The Morgan fingerprint density at radius 1 is 1.44 bits per heavy atom. The lowest BCUT2D eigenvalue weighted by atomic mass is 10.2. The fourth-order valence-electron chi connectivity index (χ4n) is 1.23. The van der Waals surface area contributed by atoms with Crippen LogP contribution in [0.4, 0.5) is 0 Å². The van der Waals surface area contributed by atoms with E-state index in [0.29, 0.717) is 29.7 Å². The maximum Gasteiger partial charge on any atom is 0.228 e. The molecule has 0 atom stereocenters. The average Bonchev–Trinajstić information content (AvgIpc) is 2.71. The van der Waals surface area contributed by atoms with Crippen molar-refractivity contribution in [3.63, 3.8) is 0 Å². The maximum atomic E-state index is 5.90. The number of rotatable bonds is 3. The van der Waals surface area contributed by atoms with Gasteiger partial charge >= 0.3 is 0 Å². The molecule has 0 fully saturated rings. The van der Waals surface area contributed by atoms with Gasteiger partial charge in [-0.1, -0.05) is 16.8 Å². The molecule has 0 saturated carbocycles. The van der Waals surface area contributed by atoms with E-state index in [1.807, 2.05) is 12.1 Å². The van der Waals surface area contributed by atoms with Gasteiger partial charge in [-0.15, -0.1) is 0 Å². The lowest BCUT2D eigenvalue weighted by molar-refractivity contribution is 0.380. The first-order valence-electron chi connectivity index (χ1n) is 4.69. The molecule has 0 aliphatic carbocycles. The third-order valence-electron chi connectivity index (χ3n) is 2.00. The second-order valence-electron chi connectivity index (χ2n) is 3.18. The van der Waals surface area contributed by atoms with Crippen molar-refractivity contribution in [2.75, 3.05) is 6.54 Å². The van der Waals surface area contributed by atoms with Crippen molar-refractivity contribution >= 4 is 27.5 Å². The summed E-state index contributed by atoms with van der Waals surface area (Å²) in [4.78, 5) is 4.22. The van der Waals surface area contributed by atoms with Crippen LogP contribution in [0.1, 0.15) is 5.89 Å². The molecule has 1 heterocycles. The van der Waals surface area contributed by atoms with Crippen LogP contribution in [0.15, 0.2) is 27.2 Å². The van der Waals surface area contributed by atoms with Crippen molar-refractivity contribution in [1.82, 2.24) is 10.1 Å². The van der Waals surface area contributed by atoms with Crippen LogP contribution in [-0.4, -0.2) is 16.7 Å². The summed E-state index contributed by atoms with van der Waals surface area (Å²) in [6, 6.07) is 5.46. The van der Waals surface area contributed by atoms with Crippen molar-refractivity contribution in [1.29, 1.82) is 0 Å². The average molecular weight is 303 g/mol. The molecule has 2 aromatic rings. The molecule has 0 saturated heterocycles. The van der Waals surface area contributed by atoms with E-state index in [4.69, 9.17) is 21.9 Å². The van der Waals surface area contributed by atoms with Crippen LogP contribution in [-0.2, 0) is 6.42 Å². The van der Waals surface area contributed by atoms with Gasteiger partial charge in [0.1, 0.15) is 0 Å². The summed E-state index contributed by atoms with van der Waals surface area (Å²) in [6.07, 6.45) is 0.585. The van der Waals surface area contributed by atoms with E-state index in [1.165, 1.54) is 0 Å². The summed E-state index contributed by atoms with van der Waals surface area (Å²) in [5.74, 6) is 1.09. The molecular formula is C10H9BrClN3O. The highest BCUT2D eigenvalue weighted by atomic mass is 79.9. The second kappa shape index (κ2) is 4.95. The number of aromatic nitrogens is 2. The molecule has 0 bridgehead atoms. The molecule has 1 aromatic carbocycles. The van der Waals surface area contributed by atoms with Crippen LogP contribution in [0.25, 0.3) is 11.4 Å². The van der Waals surface area contributed by atoms with Gasteiger partial charge in [-0.2, -0.15) is 4.98 Å². The third-order valence-corrected chi connectivity index (χ3v) is 3.22. The number of nitrogens with two attached hydrogens (primary N) is 1. The van der Waals surface area contributed by atoms with Gasteiger partial charge in [0.2, 0.25) is 11.7 Å². The van der Waals surface area contributed by atoms with Crippen LogP contribution in [0, 0.1) is 0 Å². The van der Waals surface area contributed by atoms with E-state index in [0.717, 1.165) is 10.0 Å². The Morgan fingerprint density at radius 3 is 2.94 bits per heavy atom. The van der Waals surface area contributed by atoms with Gasteiger partial charge < -0.3 is 10.3 Å². The number of nitrogens with zero attached hydrogens (tertiary/aromatic N) is 2. The van der Waals surface area contributed by atoms with Gasteiger partial charge in [0, 0.05) is 23.0 Å². The lowest BCUT2D eigenvalue weighted by Crippen LogP contribution is -2.02. The van der Waals surface area contributed by atoms with Gasteiger partial charge in [0.05, 0.1) is 5.02 Å². The summed E-state index contributed by atoms with van der Waals surface area (Å²) in [6.45, 7) is 0.492. The predicted octanol–water partition coefficient (Wildman–Crippen LogP) is 2.65. The van der Waals surface area contributed by atoms with Crippen LogP contribution < -0.4 is 5.73 Å². The highest BCUT2D eigenvalue weighted by Crippen LogP contribution is 2.27. The van der Waals surface area contributed by atoms with Crippen LogP contribution in [0.3, 0.4) is 0 Å². The fraction of sp³-hybridized carbons (Fsp3) is 0.200. The van der Waals surface area contributed by atoms with Crippen molar-refractivity contribution in [2.45, 2.75) is 6.42 Å². The highest BCUT2D eigenvalue weighted by Gasteiger charge is 2.09. The minimum Gasteiger partial charge on any atom is -0.339 e. The van der Waals surface area contributed by atoms with Gasteiger partial charge in [0.15, 0.2) is 0 Å². The summed E-state index contributed by atoms with van der Waals surface area (Å²) >= 11 is 9.24. The van der Waals surface area contributed by atoms with Crippen LogP contribution in [0.5, 0.6) is 0 Å². The molecule has 0 amide bonds. The van der Waals surface area contributed by atoms with Gasteiger partial charge in [-0.05, 0) is 34.1 Å². The molecule has 6 heteroatoms. The topological polar surface area (TPSA) is 64.9 Å². The first-order chi connectivity index (χ1) is 7.70. The minimum absolute atomic E-state index is 0.492. The molecule has 0 aliphatic heterocycles. The number of hydrogen-bond donors (Lipinski definition) is 1. The minimum atomic E-state index is 0.492. The monoisotopic (exact) mass is 301 g/mol. The smallest absolute Gasteiger partial charge is 0.228 e. The largest absolute Gasteiger partial charge is 0.339 e. The predicted molar refractivity (Wildman–Crippen MR) is 65.2 cm³/mol. The number of benzene rings is 1. The normalized spacial score (nSPS) is 10.7. The van der Waals surface area contributed by atoms with Crippen LogP contribution in [0.2, 0.25) is 5.02 Å². The Labute approximate surface area is 106 Å². The Bertz CT molecular complexity index is 501. The maximum absolute atomic E-state index is 5.90. The van der Waals surface area contributed by atoms with E-state index >= 15 is 0 Å². The molecule has 0 aliphatic rings. The Morgan fingerprint density at radius 2 is 2.25 bits per heavy atom. The molecule has 1 aromatic heterocycles. The molecule has 2 rings (SSSR count). The van der Waals surface area contributed by atoms with Crippen molar-refractivity contribution in [3.05, 3.63) is 33.6 Å². The van der Waals surface area contributed by atoms with E-state index in [9.17, 15) is 0 Å². The summed E-state index contributed by atoms with van der Waals surface area (Å²) in [5, 5.41) is 4.52. The fourth-order valence-corrected chi connectivity index (χ4v) is 1.73. The zero-order chi connectivity index (χ0) is 11.5. The lowest BCUT2D eigenvalue weighted by Gasteiger charge is -1.97. The van der Waals surface area contributed by atoms with Crippen molar-refractivity contribution < 1.29 is 4.52 Å². The summed E-state index contributed by atoms with van der Waals surface area (Å²) < 4.78 is 5.84.